The number of aryl methyl sites for hydroxylation is 1. The molecule has 0 radical (unpaired) electrons. The van der Waals surface area contributed by atoms with Gasteiger partial charge in [-0.2, -0.15) is 0 Å². The first-order valence-corrected chi connectivity index (χ1v) is 7.29. The summed E-state index contributed by atoms with van der Waals surface area (Å²) in [6, 6.07) is 6.41. The average molecular weight is 261 g/mol. The SMILES string of the molecule is CCC1CC2(CCO1)C[C@H](N)c1cc(C)ccc1O2. The summed E-state index contributed by atoms with van der Waals surface area (Å²) >= 11 is 0. The number of rotatable bonds is 1. The molecule has 2 N–H and O–H groups in total. The van der Waals surface area contributed by atoms with E-state index in [-0.39, 0.29) is 11.6 Å². The smallest absolute Gasteiger partial charge is 0.124 e. The van der Waals surface area contributed by atoms with Crippen molar-refractivity contribution in [2.24, 2.45) is 5.73 Å². The molecule has 2 aliphatic rings. The van der Waals surface area contributed by atoms with Crippen molar-refractivity contribution in [1.29, 1.82) is 0 Å². The van der Waals surface area contributed by atoms with Crippen molar-refractivity contribution in [3.63, 3.8) is 0 Å². The lowest BCUT2D eigenvalue weighted by atomic mass is 9.80. The zero-order valence-corrected chi connectivity index (χ0v) is 11.8. The molecule has 1 fully saturated rings. The standard InChI is InChI=1S/C16H23NO2/c1-3-12-9-16(6-7-18-12)10-14(17)13-8-11(2)4-5-15(13)19-16/h4-5,8,12,14H,3,6-7,9-10,17H2,1-2H3/t12?,14-,16?/m0/s1. The maximum atomic E-state index is 6.39. The molecule has 2 unspecified atom stereocenters. The van der Waals surface area contributed by atoms with E-state index in [2.05, 4.69) is 32.0 Å². The van der Waals surface area contributed by atoms with Gasteiger partial charge in [-0.1, -0.05) is 24.6 Å². The molecule has 2 heterocycles. The Bertz CT molecular complexity index is 474. The molecule has 3 heteroatoms. The molecule has 3 atom stereocenters. The largest absolute Gasteiger partial charge is 0.487 e. The highest BCUT2D eigenvalue weighted by Crippen LogP contribution is 2.44. The van der Waals surface area contributed by atoms with Crippen molar-refractivity contribution in [3.8, 4) is 5.75 Å². The molecule has 1 aromatic rings. The number of nitrogens with two attached hydrogens (primary N) is 1. The van der Waals surface area contributed by atoms with Crippen LogP contribution in [-0.4, -0.2) is 18.3 Å². The van der Waals surface area contributed by atoms with Crippen molar-refractivity contribution < 1.29 is 9.47 Å². The molecule has 1 spiro atoms. The Morgan fingerprint density at radius 3 is 3.00 bits per heavy atom. The summed E-state index contributed by atoms with van der Waals surface area (Å²) in [5.41, 5.74) is 8.68. The van der Waals surface area contributed by atoms with Crippen molar-refractivity contribution in [2.75, 3.05) is 6.61 Å². The second-order valence-electron chi connectivity index (χ2n) is 5.99. The van der Waals surface area contributed by atoms with Crippen LogP contribution < -0.4 is 10.5 Å². The maximum absolute atomic E-state index is 6.39. The van der Waals surface area contributed by atoms with Gasteiger partial charge in [-0.25, -0.2) is 0 Å². The summed E-state index contributed by atoms with van der Waals surface area (Å²) in [7, 11) is 0. The van der Waals surface area contributed by atoms with Crippen LogP contribution in [0.3, 0.4) is 0 Å². The Hall–Kier alpha value is -1.06. The monoisotopic (exact) mass is 261 g/mol. The third kappa shape index (κ3) is 2.37. The Morgan fingerprint density at radius 2 is 2.21 bits per heavy atom. The van der Waals surface area contributed by atoms with Gasteiger partial charge in [-0.05, 0) is 19.4 Å². The average Bonchev–Trinajstić information content (AvgIpc) is 2.40. The van der Waals surface area contributed by atoms with E-state index in [0.29, 0.717) is 6.10 Å². The molecular weight excluding hydrogens is 238 g/mol. The van der Waals surface area contributed by atoms with E-state index < -0.39 is 0 Å². The molecule has 0 aliphatic carbocycles. The lowest BCUT2D eigenvalue weighted by molar-refractivity contribution is -0.102. The molecule has 1 saturated heterocycles. The molecule has 2 aliphatic heterocycles. The molecule has 3 rings (SSSR count). The third-order valence-corrected chi connectivity index (χ3v) is 4.45. The van der Waals surface area contributed by atoms with Crippen LogP contribution >= 0.6 is 0 Å². The molecule has 1 aromatic carbocycles. The Labute approximate surface area is 115 Å². The summed E-state index contributed by atoms with van der Waals surface area (Å²) < 4.78 is 12.1. The van der Waals surface area contributed by atoms with Crippen LogP contribution in [-0.2, 0) is 4.74 Å². The highest BCUT2D eigenvalue weighted by molar-refractivity contribution is 5.41. The van der Waals surface area contributed by atoms with E-state index in [9.17, 15) is 0 Å². The summed E-state index contributed by atoms with van der Waals surface area (Å²) in [6.07, 6.45) is 4.17. The van der Waals surface area contributed by atoms with Gasteiger partial charge >= 0.3 is 0 Å². The third-order valence-electron chi connectivity index (χ3n) is 4.45. The lowest BCUT2D eigenvalue weighted by Crippen LogP contribution is -2.49. The minimum Gasteiger partial charge on any atom is -0.487 e. The fourth-order valence-corrected chi connectivity index (χ4v) is 3.36. The first-order valence-electron chi connectivity index (χ1n) is 7.29. The molecule has 0 saturated carbocycles. The molecule has 19 heavy (non-hydrogen) atoms. The van der Waals surface area contributed by atoms with E-state index in [1.165, 1.54) is 5.56 Å². The van der Waals surface area contributed by atoms with Gasteiger partial charge in [-0.3, -0.25) is 0 Å². The molecule has 0 bridgehead atoms. The number of ether oxygens (including phenoxy) is 2. The number of fused-ring (bicyclic) bond motifs is 1. The van der Waals surface area contributed by atoms with Gasteiger partial charge in [0, 0.05) is 30.9 Å². The summed E-state index contributed by atoms with van der Waals surface area (Å²) in [6.45, 7) is 5.05. The Morgan fingerprint density at radius 1 is 1.37 bits per heavy atom. The van der Waals surface area contributed by atoms with Crippen molar-refractivity contribution >= 4 is 0 Å². The van der Waals surface area contributed by atoms with Crippen LogP contribution in [0.2, 0.25) is 0 Å². The lowest BCUT2D eigenvalue weighted by Gasteiger charge is -2.45. The minimum absolute atomic E-state index is 0.0826. The summed E-state index contributed by atoms with van der Waals surface area (Å²) in [5.74, 6) is 0.973. The number of hydrogen-bond acceptors (Lipinski definition) is 3. The molecule has 104 valence electrons. The maximum Gasteiger partial charge on any atom is 0.124 e. The van der Waals surface area contributed by atoms with Gasteiger partial charge in [0.05, 0.1) is 12.7 Å². The fraction of sp³-hybridized carbons (Fsp3) is 0.625. The normalized spacial score (nSPS) is 33.8. The highest BCUT2D eigenvalue weighted by atomic mass is 16.5. The molecule has 3 nitrogen and oxygen atoms in total. The van der Waals surface area contributed by atoms with E-state index in [1.807, 2.05) is 0 Å². The van der Waals surface area contributed by atoms with Crippen LogP contribution in [0.15, 0.2) is 18.2 Å². The van der Waals surface area contributed by atoms with Crippen LogP contribution in [0.1, 0.15) is 49.8 Å². The van der Waals surface area contributed by atoms with Crippen LogP contribution in [0.5, 0.6) is 5.75 Å². The topological polar surface area (TPSA) is 44.5 Å². The Kier molecular flexibility index (Phi) is 3.27. The van der Waals surface area contributed by atoms with Gasteiger partial charge in [0.15, 0.2) is 0 Å². The van der Waals surface area contributed by atoms with E-state index in [1.54, 1.807) is 0 Å². The predicted octanol–water partition coefficient (Wildman–Crippen LogP) is 3.11. The van der Waals surface area contributed by atoms with Gasteiger partial charge in [-0.15, -0.1) is 0 Å². The van der Waals surface area contributed by atoms with Crippen LogP contribution in [0.4, 0.5) is 0 Å². The second kappa shape index (κ2) is 4.80. The van der Waals surface area contributed by atoms with E-state index in [4.69, 9.17) is 15.2 Å². The first-order chi connectivity index (χ1) is 9.12. The van der Waals surface area contributed by atoms with Crippen molar-refractivity contribution in [3.05, 3.63) is 29.3 Å². The predicted molar refractivity (Wildman–Crippen MR) is 75.3 cm³/mol. The van der Waals surface area contributed by atoms with Crippen LogP contribution in [0.25, 0.3) is 0 Å². The zero-order chi connectivity index (χ0) is 13.5. The van der Waals surface area contributed by atoms with Crippen molar-refractivity contribution in [1.82, 2.24) is 0 Å². The van der Waals surface area contributed by atoms with E-state index in [0.717, 1.165) is 43.6 Å². The number of hydrogen-bond donors (Lipinski definition) is 1. The molecular formula is C16H23NO2. The summed E-state index contributed by atoms with van der Waals surface area (Å²) in [5, 5.41) is 0. The van der Waals surface area contributed by atoms with E-state index >= 15 is 0 Å². The fourth-order valence-electron chi connectivity index (χ4n) is 3.36. The molecule has 0 amide bonds. The van der Waals surface area contributed by atoms with Gasteiger partial charge in [0.2, 0.25) is 0 Å². The van der Waals surface area contributed by atoms with Crippen molar-refractivity contribution in [2.45, 2.75) is 57.3 Å². The minimum atomic E-state index is -0.111. The van der Waals surface area contributed by atoms with Gasteiger partial charge in [0.25, 0.3) is 0 Å². The molecule has 0 aromatic heterocycles. The number of benzene rings is 1. The second-order valence-corrected chi connectivity index (χ2v) is 5.99. The highest BCUT2D eigenvalue weighted by Gasteiger charge is 2.43. The van der Waals surface area contributed by atoms with Crippen LogP contribution in [0, 0.1) is 6.92 Å². The summed E-state index contributed by atoms with van der Waals surface area (Å²) in [4.78, 5) is 0. The first kappa shape index (κ1) is 12.9. The van der Waals surface area contributed by atoms with Gasteiger partial charge < -0.3 is 15.2 Å². The van der Waals surface area contributed by atoms with Gasteiger partial charge in [0.1, 0.15) is 11.4 Å². The zero-order valence-electron chi connectivity index (χ0n) is 11.8. The Balaban J connectivity index is 1.89. The quantitative estimate of drug-likeness (QED) is 0.844.